The molecule has 31 heavy (non-hydrogen) atoms. The van der Waals surface area contributed by atoms with Gasteiger partial charge in [-0.2, -0.15) is 0 Å². The fourth-order valence-electron chi connectivity index (χ4n) is 3.09. The summed E-state index contributed by atoms with van der Waals surface area (Å²) in [5.41, 5.74) is 3.99. The van der Waals surface area contributed by atoms with Crippen molar-refractivity contribution in [2.75, 3.05) is 0 Å². The smallest absolute Gasteiger partial charge is 0.225 e. The number of hydrogen-bond donors (Lipinski definition) is 0. The molecule has 4 aromatic rings. The van der Waals surface area contributed by atoms with Crippen molar-refractivity contribution < 1.29 is 9.47 Å². The van der Waals surface area contributed by atoms with Crippen molar-refractivity contribution >= 4 is 22.4 Å². The molecule has 0 aliphatic heterocycles. The lowest BCUT2D eigenvalue weighted by Crippen LogP contribution is -2.11. The van der Waals surface area contributed by atoms with Crippen molar-refractivity contribution in [3.63, 3.8) is 0 Å². The van der Waals surface area contributed by atoms with Crippen LogP contribution in [0.2, 0.25) is 0 Å². The number of benzene rings is 4. The van der Waals surface area contributed by atoms with E-state index in [-0.39, 0.29) is 0 Å². The minimum atomic E-state index is 0.492. The Balaban J connectivity index is 1.64. The summed E-state index contributed by atoms with van der Waals surface area (Å²) in [4.78, 5) is 4.75. The van der Waals surface area contributed by atoms with E-state index in [1.165, 1.54) is 16.5 Å². The van der Waals surface area contributed by atoms with E-state index in [0.29, 0.717) is 5.90 Å². The lowest BCUT2D eigenvalue weighted by Gasteiger charge is -2.11. The van der Waals surface area contributed by atoms with Gasteiger partial charge in [0.05, 0.1) is 11.9 Å². The average Bonchev–Trinajstić information content (AvgIpc) is 2.79. The molecule has 0 aliphatic carbocycles. The van der Waals surface area contributed by atoms with Crippen LogP contribution >= 0.6 is 0 Å². The Morgan fingerprint density at radius 1 is 0.710 bits per heavy atom. The predicted molar refractivity (Wildman–Crippen MR) is 128 cm³/mol. The van der Waals surface area contributed by atoms with Crippen LogP contribution in [0, 0.1) is 13.8 Å². The maximum Gasteiger partial charge on any atom is 0.225 e. The molecule has 0 unspecified atom stereocenters. The SMILES string of the molecule is CC(=C\Oc1ccc(C)cc1)/C(=N/c1ccc(C)cc1)Oc1ccc2ccccc2c1. The summed E-state index contributed by atoms with van der Waals surface area (Å²) in [6.45, 7) is 6.04. The van der Waals surface area contributed by atoms with E-state index in [1.807, 2.05) is 79.7 Å². The van der Waals surface area contributed by atoms with E-state index in [9.17, 15) is 0 Å². The zero-order valence-electron chi connectivity index (χ0n) is 18.0. The van der Waals surface area contributed by atoms with Crippen molar-refractivity contribution in [1.29, 1.82) is 0 Å². The molecule has 0 saturated heterocycles. The molecule has 154 valence electrons. The van der Waals surface area contributed by atoms with Gasteiger partial charge in [0, 0.05) is 5.57 Å². The molecule has 0 fully saturated rings. The summed E-state index contributed by atoms with van der Waals surface area (Å²) in [6.07, 6.45) is 1.68. The lowest BCUT2D eigenvalue weighted by molar-refractivity contribution is 0.473. The summed E-state index contributed by atoms with van der Waals surface area (Å²) in [7, 11) is 0. The molecule has 4 aromatic carbocycles. The van der Waals surface area contributed by atoms with Crippen LogP contribution < -0.4 is 9.47 Å². The summed E-state index contributed by atoms with van der Waals surface area (Å²) in [5.74, 6) is 1.99. The van der Waals surface area contributed by atoms with Crippen LogP contribution in [0.15, 0.2) is 108 Å². The molecule has 0 aliphatic rings. The molecule has 0 radical (unpaired) electrons. The molecular weight excluding hydrogens is 382 g/mol. The highest BCUT2D eigenvalue weighted by Gasteiger charge is 2.09. The molecule has 0 heterocycles. The first-order valence-corrected chi connectivity index (χ1v) is 10.3. The van der Waals surface area contributed by atoms with Gasteiger partial charge in [0.15, 0.2) is 0 Å². The molecule has 0 saturated carbocycles. The van der Waals surface area contributed by atoms with Gasteiger partial charge in [-0.15, -0.1) is 0 Å². The Hall–Kier alpha value is -3.85. The molecule has 0 aromatic heterocycles. The standard InChI is InChI=1S/C28H25NO2/c1-20-8-13-25(14-9-20)29-28(22(3)19-30-26-15-10-21(2)11-16-26)31-27-17-12-23-6-4-5-7-24(23)18-27/h4-19H,1-3H3/b22-19+,29-28-. The first-order chi connectivity index (χ1) is 15.1. The third kappa shape index (κ3) is 5.40. The first-order valence-electron chi connectivity index (χ1n) is 10.3. The van der Waals surface area contributed by atoms with Gasteiger partial charge >= 0.3 is 0 Å². The van der Waals surface area contributed by atoms with Crippen LogP contribution in [0.1, 0.15) is 18.1 Å². The van der Waals surface area contributed by atoms with Gasteiger partial charge < -0.3 is 9.47 Å². The van der Waals surface area contributed by atoms with Gasteiger partial charge in [0.25, 0.3) is 0 Å². The van der Waals surface area contributed by atoms with E-state index in [2.05, 4.69) is 32.0 Å². The van der Waals surface area contributed by atoms with Gasteiger partial charge in [-0.1, -0.05) is 65.7 Å². The van der Waals surface area contributed by atoms with Crippen LogP contribution in [0.3, 0.4) is 0 Å². The predicted octanol–water partition coefficient (Wildman–Crippen LogP) is 7.55. The molecule has 0 bridgehead atoms. The quantitative estimate of drug-likeness (QED) is 0.194. The largest absolute Gasteiger partial charge is 0.465 e. The Bertz CT molecular complexity index is 1240. The minimum absolute atomic E-state index is 0.492. The van der Waals surface area contributed by atoms with E-state index < -0.39 is 0 Å². The zero-order chi connectivity index (χ0) is 21.6. The van der Waals surface area contributed by atoms with Crippen LogP contribution in [0.5, 0.6) is 11.5 Å². The Kier molecular flexibility index (Phi) is 6.13. The number of ether oxygens (including phenoxy) is 2. The second-order valence-electron chi connectivity index (χ2n) is 7.60. The van der Waals surface area contributed by atoms with E-state index in [4.69, 9.17) is 14.5 Å². The first kappa shape index (κ1) is 20.4. The molecule has 0 N–H and O–H groups in total. The number of nitrogens with zero attached hydrogens (tertiary/aromatic N) is 1. The molecule has 0 spiro atoms. The summed E-state index contributed by atoms with van der Waals surface area (Å²) >= 11 is 0. The van der Waals surface area contributed by atoms with Crippen molar-refractivity contribution in [3.05, 3.63) is 114 Å². The van der Waals surface area contributed by atoms with Crippen LogP contribution in [-0.2, 0) is 0 Å². The molecular formula is C28H25NO2. The number of fused-ring (bicyclic) bond motifs is 1. The van der Waals surface area contributed by atoms with Crippen molar-refractivity contribution in [2.24, 2.45) is 4.99 Å². The number of rotatable bonds is 5. The van der Waals surface area contributed by atoms with Crippen molar-refractivity contribution in [2.45, 2.75) is 20.8 Å². The third-order valence-electron chi connectivity index (χ3n) is 4.93. The van der Waals surface area contributed by atoms with Crippen LogP contribution in [0.25, 0.3) is 10.8 Å². The van der Waals surface area contributed by atoms with Crippen LogP contribution in [0.4, 0.5) is 5.69 Å². The van der Waals surface area contributed by atoms with Crippen LogP contribution in [-0.4, -0.2) is 5.90 Å². The normalized spacial score (nSPS) is 12.1. The fraction of sp³-hybridized carbons (Fsp3) is 0.107. The number of aliphatic imine (C=N–C) groups is 1. The van der Waals surface area contributed by atoms with Gasteiger partial charge in [0.1, 0.15) is 11.5 Å². The molecule has 4 rings (SSSR count). The molecule has 0 atom stereocenters. The fourth-order valence-corrected chi connectivity index (χ4v) is 3.09. The van der Waals surface area contributed by atoms with E-state index in [0.717, 1.165) is 28.1 Å². The molecule has 3 heteroatoms. The van der Waals surface area contributed by atoms with E-state index >= 15 is 0 Å². The van der Waals surface area contributed by atoms with Crippen molar-refractivity contribution in [3.8, 4) is 11.5 Å². The Morgan fingerprint density at radius 2 is 1.32 bits per heavy atom. The highest BCUT2D eigenvalue weighted by Crippen LogP contribution is 2.23. The van der Waals surface area contributed by atoms with Gasteiger partial charge in [-0.25, -0.2) is 4.99 Å². The zero-order valence-corrected chi connectivity index (χ0v) is 18.0. The summed E-state index contributed by atoms with van der Waals surface area (Å²) in [5, 5.41) is 2.29. The summed E-state index contributed by atoms with van der Waals surface area (Å²) in [6, 6.07) is 30.2. The van der Waals surface area contributed by atoms with Crippen molar-refractivity contribution in [1.82, 2.24) is 0 Å². The topological polar surface area (TPSA) is 30.8 Å². The summed E-state index contributed by atoms with van der Waals surface area (Å²) < 4.78 is 12.1. The second kappa shape index (κ2) is 9.31. The Labute approximate surface area is 183 Å². The number of aryl methyl sites for hydroxylation is 2. The minimum Gasteiger partial charge on any atom is -0.465 e. The molecule has 0 amide bonds. The van der Waals surface area contributed by atoms with E-state index in [1.54, 1.807) is 6.26 Å². The van der Waals surface area contributed by atoms with Gasteiger partial charge in [-0.05, 0) is 67.9 Å². The number of hydrogen-bond acceptors (Lipinski definition) is 3. The maximum atomic E-state index is 6.23. The average molecular weight is 408 g/mol. The second-order valence-corrected chi connectivity index (χ2v) is 7.60. The monoisotopic (exact) mass is 407 g/mol. The highest BCUT2D eigenvalue weighted by atomic mass is 16.5. The highest BCUT2D eigenvalue weighted by molar-refractivity contribution is 5.96. The van der Waals surface area contributed by atoms with Gasteiger partial charge in [-0.3, -0.25) is 0 Å². The maximum absolute atomic E-state index is 6.23. The lowest BCUT2D eigenvalue weighted by atomic mass is 10.1. The Morgan fingerprint density at radius 3 is 2.03 bits per heavy atom. The third-order valence-corrected chi connectivity index (χ3v) is 4.93. The van der Waals surface area contributed by atoms with Gasteiger partial charge in [0.2, 0.25) is 5.90 Å². The molecule has 3 nitrogen and oxygen atoms in total.